The number of anilines is 1. The molecule has 19 heavy (non-hydrogen) atoms. The summed E-state index contributed by atoms with van der Waals surface area (Å²) in [6, 6.07) is 10.0. The third kappa shape index (κ3) is 3.13. The zero-order valence-corrected chi connectivity index (χ0v) is 10.9. The van der Waals surface area contributed by atoms with Crippen molar-refractivity contribution in [1.82, 2.24) is 15.5 Å². The Kier molecular flexibility index (Phi) is 4.18. The van der Waals surface area contributed by atoms with Crippen molar-refractivity contribution in [3.63, 3.8) is 0 Å². The number of benzene rings is 1. The number of H-pyrrole nitrogens is 1. The number of nitrogen functional groups attached to an aromatic ring is 1. The lowest BCUT2D eigenvalue weighted by atomic mass is 10.1. The average Bonchev–Trinajstić information content (AvgIpc) is 2.81. The maximum Gasteiger partial charge on any atom is 0.273 e. The highest BCUT2D eigenvalue weighted by atomic mass is 16.1. The second-order valence-electron chi connectivity index (χ2n) is 4.31. The van der Waals surface area contributed by atoms with Gasteiger partial charge in [0.25, 0.3) is 5.91 Å². The van der Waals surface area contributed by atoms with Crippen LogP contribution in [0.1, 0.15) is 28.7 Å². The van der Waals surface area contributed by atoms with Crippen LogP contribution in [-0.2, 0) is 12.8 Å². The summed E-state index contributed by atoms with van der Waals surface area (Å²) in [6.45, 7) is 2.53. The van der Waals surface area contributed by atoms with E-state index in [0.717, 1.165) is 18.5 Å². The van der Waals surface area contributed by atoms with Crippen LogP contribution < -0.4 is 11.1 Å². The number of amides is 1. The van der Waals surface area contributed by atoms with E-state index in [0.29, 0.717) is 12.2 Å². The highest BCUT2D eigenvalue weighted by molar-refractivity contribution is 5.97. The van der Waals surface area contributed by atoms with Crippen molar-refractivity contribution < 1.29 is 4.79 Å². The Morgan fingerprint density at radius 1 is 1.37 bits per heavy atom. The summed E-state index contributed by atoms with van der Waals surface area (Å²) >= 11 is 0. The summed E-state index contributed by atoms with van der Waals surface area (Å²) in [6.07, 6.45) is 1.52. The minimum atomic E-state index is -0.232. The van der Waals surface area contributed by atoms with Crippen LogP contribution >= 0.6 is 0 Å². The molecule has 0 aliphatic rings. The van der Waals surface area contributed by atoms with Gasteiger partial charge in [0.1, 0.15) is 0 Å². The number of carbonyl (C=O) groups excluding carboxylic acids is 1. The molecule has 1 aromatic heterocycles. The molecule has 0 saturated heterocycles. The summed E-state index contributed by atoms with van der Waals surface area (Å²) in [4.78, 5) is 11.9. The molecule has 1 amide bonds. The molecule has 0 aliphatic heterocycles. The Labute approximate surface area is 112 Å². The summed E-state index contributed by atoms with van der Waals surface area (Å²) in [5, 5.41) is 9.55. The van der Waals surface area contributed by atoms with Crippen molar-refractivity contribution >= 4 is 11.6 Å². The molecule has 0 atom stereocenters. The van der Waals surface area contributed by atoms with Gasteiger partial charge in [-0.15, -0.1) is 0 Å². The Hall–Kier alpha value is -2.30. The Morgan fingerprint density at radius 2 is 2.11 bits per heavy atom. The summed E-state index contributed by atoms with van der Waals surface area (Å²) in [7, 11) is 0. The van der Waals surface area contributed by atoms with Gasteiger partial charge in [-0.1, -0.05) is 37.3 Å². The smallest absolute Gasteiger partial charge is 0.273 e. The predicted octanol–water partition coefficient (Wildman–Crippen LogP) is 1.53. The van der Waals surface area contributed by atoms with Gasteiger partial charge in [0.2, 0.25) is 0 Å². The van der Waals surface area contributed by atoms with Crippen molar-refractivity contribution in [1.29, 1.82) is 0 Å². The average molecular weight is 258 g/mol. The van der Waals surface area contributed by atoms with Gasteiger partial charge >= 0.3 is 0 Å². The van der Waals surface area contributed by atoms with Gasteiger partial charge in [0.15, 0.2) is 5.69 Å². The summed E-state index contributed by atoms with van der Waals surface area (Å²) in [5.41, 5.74) is 8.56. The fourth-order valence-electron chi connectivity index (χ4n) is 1.88. The van der Waals surface area contributed by atoms with Crippen molar-refractivity contribution in [3.8, 4) is 0 Å². The second-order valence-corrected chi connectivity index (χ2v) is 4.31. The molecule has 0 fully saturated rings. The molecule has 1 heterocycles. The van der Waals surface area contributed by atoms with Crippen molar-refractivity contribution in [2.75, 3.05) is 12.3 Å². The quantitative estimate of drug-likeness (QED) is 0.760. The number of aryl methyl sites for hydroxylation is 1. The third-order valence-corrected chi connectivity index (χ3v) is 2.99. The molecule has 5 heteroatoms. The first-order valence-corrected chi connectivity index (χ1v) is 6.37. The first kappa shape index (κ1) is 13.1. The first-order chi connectivity index (χ1) is 9.22. The minimum absolute atomic E-state index is 0.232. The van der Waals surface area contributed by atoms with Gasteiger partial charge < -0.3 is 11.1 Å². The van der Waals surface area contributed by atoms with Gasteiger partial charge in [-0.3, -0.25) is 9.89 Å². The molecule has 0 spiro atoms. The number of carbonyl (C=O) groups is 1. The molecular formula is C14H18N4O. The van der Waals surface area contributed by atoms with Crippen molar-refractivity contribution in [2.45, 2.75) is 19.8 Å². The van der Waals surface area contributed by atoms with E-state index in [4.69, 9.17) is 5.73 Å². The van der Waals surface area contributed by atoms with E-state index in [1.54, 1.807) is 0 Å². The molecule has 5 nitrogen and oxygen atoms in total. The monoisotopic (exact) mass is 258 g/mol. The first-order valence-electron chi connectivity index (χ1n) is 6.37. The molecule has 0 aliphatic carbocycles. The Bertz CT molecular complexity index is 548. The topological polar surface area (TPSA) is 83.8 Å². The van der Waals surface area contributed by atoms with Gasteiger partial charge in [-0.25, -0.2) is 0 Å². The molecule has 2 aromatic rings. The van der Waals surface area contributed by atoms with E-state index in [2.05, 4.69) is 15.5 Å². The zero-order valence-electron chi connectivity index (χ0n) is 10.9. The standard InChI is InChI=1S/C14H18N4O/c1-2-11-12(15)13(18-17-11)14(19)16-9-8-10-6-4-3-5-7-10/h3-7H,2,8-9,15H2,1H3,(H,16,19)(H,17,18). The predicted molar refractivity (Wildman–Crippen MR) is 74.9 cm³/mol. The second kappa shape index (κ2) is 6.04. The summed E-state index contributed by atoms with van der Waals surface area (Å²) in [5.74, 6) is -0.232. The van der Waals surface area contributed by atoms with Gasteiger partial charge in [-0.2, -0.15) is 5.10 Å². The number of aromatic amines is 1. The van der Waals surface area contributed by atoms with E-state index < -0.39 is 0 Å². The van der Waals surface area contributed by atoms with Crippen LogP contribution in [0.2, 0.25) is 0 Å². The highest BCUT2D eigenvalue weighted by Crippen LogP contribution is 2.13. The highest BCUT2D eigenvalue weighted by Gasteiger charge is 2.15. The van der Waals surface area contributed by atoms with Crippen molar-refractivity contribution in [2.24, 2.45) is 0 Å². The van der Waals surface area contributed by atoms with E-state index in [1.165, 1.54) is 5.56 Å². The minimum Gasteiger partial charge on any atom is -0.395 e. The van der Waals surface area contributed by atoms with Gasteiger partial charge in [0.05, 0.1) is 11.4 Å². The molecule has 2 rings (SSSR count). The largest absolute Gasteiger partial charge is 0.395 e. The Morgan fingerprint density at radius 3 is 2.74 bits per heavy atom. The fourth-order valence-corrected chi connectivity index (χ4v) is 1.88. The maximum absolute atomic E-state index is 11.9. The number of hydrogen-bond donors (Lipinski definition) is 3. The molecule has 0 unspecified atom stereocenters. The van der Waals surface area contributed by atoms with E-state index in [-0.39, 0.29) is 11.6 Å². The van der Waals surface area contributed by atoms with Crippen molar-refractivity contribution in [3.05, 3.63) is 47.3 Å². The van der Waals surface area contributed by atoms with Crippen LogP contribution in [0.15, 0.2) is 30.3 Å². The van der Waals surface area contributed by atoms with Crippen LogP contribution in [0, 0.1) is 0 Å². The molecule has 100 valence electrons. The van der Waals surface area contributed by atoms with Crippen LogP contribution in [0.4, 0.5) is 5.69 Å². The number of nitrogens with two attached hydrogens (primary N) is 1. The van der Waals surface area contributed by atoms with Crippen LogP contribution in [-0.4, -0.2) is 22.6 Å². The third-order valence-electron chi connectivity index (χ3n) is 2.99. The normalized spacial score (nSPS) is 10.4. The van der Waals surface area contributed by atoms with Crippen LogP contribution in [0.3, 0.4) is 0 Å². The molecule has 0 radical (unpaired) electrons. The van der Waals surface area contributed by atoms with E-state index in [9.17, 15) is 4.79 Å². The lowest BCUT2D eigenvalue weighted by Gasteiger charge is -2.04. The summed E-state index contributed by atoms with van der Waals surface area (Å²) < 4.78 is 0. The van der Waals surface area contributed by atoms with Crippen LogP contribution in [0.5, 0.6) is 0 Å². The SMILES string of the molecule is CCc1[nH]nc(C(=O)NCCc2ccccc2)c1N. The van der Waals surface area contributed by atoms with Crippen LogP contribution in [0.25, 0.3) is 0 Å². The molecule has 4 N–H and O–H groups in total. The number of hydrogen-bond acceptors (Lipinski definition) is 3. The zero-order chi connectivity index (χ0) is 13.7. The van der Waals surface area contributed by atoms with Gasteiger partial charge in [0, 0.05) is 6.54 Å². The number of nitrogens with zero attached hydrogens (tertiary/aromatic N) is 1. The molecule has 1 aromatic carbocycles. The number of rotatable bonds is 5. The molecule has 0 saturated carbocycles. The lowest BCUT2D eigenvalue weighted by Crippen LogP contribution is -2.26. The van der Waals surface area contributed by atoms with E-state index in [1.807, 2.05) is 37.3 Å². The number of nitrogens with one attached hydrogen (secondary N) is 2. The van der Waals surface area contributed by atoms with Gasteiger partial charge in [-0.05, 0) is 18.4 Å². The molecular weight excluding hydrogens is 240 g/mol. The fraction of sp³-hybridized carbons (Fsp3) is 0.286. The number of aromatic nitrogens is 2. The lowest BCUT2D eigenvalue weighted by molar-refractivity contribution is 0.0950. The maximum atomic E-state index is 11.9. The Balaban J connectivity index is 1.89. The molecule has 0 bridgehead atoms. The van der Waals surface area contributed by atoms with E-state index >= 15 is 0 Å².